The maximum absolute atomic E-state index is 13.5. The van der Waals surface area contributed by atoms with Gasteiger partial charge >= 0.3 is 0 Å². The van der Waals surface area contributed by atoms with Gasteiger partial charge in [-0.3, -0.25) is 10.5 Å². The standard InChI is InChI=1S/C21H16BrFN4O2/c1-11-18-19(16(9-24)20(25)29-21(18)27-26-11)15-8-13(22)5-6-17(15)28-10-12-3-2-4-14(23)7-12/h2-8,16,19,25H,10H2,1H3,(H,26,27). The molecular formula is C21H16BrFN4O2. The van der Waals surface area contributed by atoms with Gasteiger partial charge in [-0.05, 0) is 42.8 Å². The van der Waals surface area contributed by atoms with Crippen LogP contribution in [0.3, 0.4) is 0 Å². The zero-order valence-electron chi connectivity index (χ0n) is 15.4. The monoisotopic (exact) mass is 454 g/mol. The summed E-state index contributed by atoms with van der Waals surface area (Å²) in [6.45, 7) is 2.01. The number of aromatic nitrogens is 2. The first-order valence-electron chi connectivity index (χ1n) is 8.85. The summed E-state index contributed by atoms with van der Waals surface area (Å²) in [5.41, 5.74) is 2.90. The molecule has 1 aliphatic rings. The van der Waals surface area contributed by atoms with Gasteiger partial charge in [0.25, 0.3) is 0 Å². The van der Waals surface area contributed by atoms with E-state index in [-0.39, 0.29) is 18.3 Å². The van der Waals surface area contributed by atoms with Crippen molar-refractivity contribution >= 4 is 21.8 Å². The van der Waals surface area contributed by atoms with Crippen molar-refractivity contribution < 1.29 is 13.9 Å². The smallest absolute Gasteiger partial charge is 0.243 e. The maximum Gasteiger partial charge on any atom is 0.243 e. The van der Waals surface area contributed by atoms with Crippen LogP contribution >= 0.6 is 15.9 Å². The van der Waals surface area contributed by atoms with Gasteiger partial charge in [0, 0.05) is 27.2 Å². The lowest BCUT2D eigenvalue weighted by molar-refractivity contribution is 0.299. The van der Waals surface area contributed by atoms with Crippen LogP contribution in [0.2, 0.25) is 0 Å². The number of hydrogen-bond donors (Lipinski definition) is 2. The van der Waals surface area contributed by atoms with E-state index in [1.54, 1.807) is 18.2 Å². The van der Waals surface area contributed by atoms with Crippen molar-refractivity contribution in [3.8, 4) is 17.7 Å². The third-order valence-electron chi connectivity index (χ3n) is 4.82. The number of nitriles is 1. The summed E-state index contributed by atoms with van der Waals surface area (Å²) in [5.74, 6) is -0.973. The summed E-state index contributed by atoms with van der Waals surface area (Å²) in [4.78, 5) is 0. The third kappa shape index (κ3) is 3.61. The molecule has 1 aromatic heterocycles. The van der Waals surface area contributed by atoms with E-state index in [0.29, 0.717) is 17.2 Å². The minimum atomic E-state index is -0.829. The van der Waals surface area contributed by atoms with Crippen molar-refractivity contribution in [3.05, 3.63) is 75.1 Å². The van der Waals surface area contributed by atoms with E-state index >= 15 is 0 Å². The summed E-state index contributed by atoms with van der Waals surface area (Å²) in [7, 11) is 0. The predicted octanol–water partition coefficient (Wildman–Crippen LogP) is 4.84. The Hall–Kier alpha value is -3.18. The Morgan fingerprint density at radius 2 is 2.17 bits per heavy atom. The predicted molar refractivity (Wildman–Crippen MR) is 107 cm³/mol. The van der Waals surface area contributed by atoms with Gasteiger partial charge in [-0.1, -0.05) is 28.1 Å². The molecule has 0 spiro atoms. The lowest BCUT2D eigenvalue weighted by Gasteiger charge is -2.29. The van der Waals surface area contributed by atoms with Crippen molar-refractivity contribution in [2.45, 2.75) is 19.4 Å². The third-order valence-corrected chi connectivity index (χ3v) is 5.32. The second-order valence-corrected chi connectivity index (χ2v) is 7.63. The zero-order valence-corrected chi connectivity index (χ0v) is 17.0. The normalized spacial score (nSPS) is 17.9. The average molecular weight is 455 g/mol. The van der Waals surface area contributed by atoms with Gasteiger partial charge < -0.3 is 9.47 Å². The fraction of sp³-hybridized carbons (Fsp3) is 0.190. The van der Waals surface area contributed by atoms with Gasteiger partial charge in [0.1, 0.15) is 24.1 Å². The molecule has 146 valence electrons. The number of nitrogens with zero attached hydrogens (tertiary/aromatic N) is 2. The Morgan fingerprint density at radius 3 is 2.93 bits per heavy atom. The van der Waals surface area contributed by atoms with E-state index in [4.69, 9.17) is 14.9 Å². The summed E-state index contributed by atoms with van der Waals surface area (Å²) in [5, 5.41) is 24.9. The summed E-state index contributed by atoms with van der Waals surface area (Å²) in [6.07, 6.45) is 0. The molecule has 0 amide bonds. The highest BCUT2D eigenvalue weighted by atomic mass is 79.9. The zero-order chi connectivity index (χ0) is 20.5. The van der Waals surface area contributed by atoms with Crippen LogP contribution in [0.4, 0.5) is 4.39 Å². The molecule has 1 aliphatic heterocycles. The number of aromatic amines is 1. The molecular weight excluding hydrogens is 439 g/mol. The van der Waals surface area contributed by atoms with Gasteiger partial charge in [-0.2, -0.15) is 5.26 Å². The van der Waals surface area contributed by atoms with Crippen LogP contribution in [0.1, 0.15) is 28.3 Å². The molecule has 0 bridgehead atoms. The summed E-state index contributed by atoms with van der Waals surface area (Å²) >= 11 is 3.48. The number of H-pyrrole nitrogens is 1. The Bertz CT molecular complexity index is 1140. The number of fused-ring (bicyclic) bond motifs is 1. The number of nitrogens with one attached hydrogen (secondary N) is 2. The molecule has 2 aromatic carbocycles. The van der Waals surface area contributed by atoms with Crippen molar-refractivity contribution in [2.75, 3.05) is 0 Å². The first kappa shape index (κ1) is 19.2. The number of ether oxygens (including phenoxy) is 2. The lowest BCUT2D eigenvalue weighted by atomic mass is 9.79. The van der Waals surface area contributed by atoms with E-state index in [1.165, 1.54) is 12.1 Å². The molecule has 2 N–H and O–H groups in total. The number of aryl methyl sites for hydroxylation is 1. The fourth-order valence-corrected chi connectivity index (χ4v) is 3.87. The SMILES string of the molecule is Cc1[nH]nc2c1C(c1cc(Br)ccc1OCc1cccc(F)c1)C(C#N)C(=N)O2. The van der Waals surface area contributed by atoms with Gasteiger partial charge in [-0.15, -0.1) is 5.10 Å². The van der Waals surface area contributed by atoms with E-state index in [0.717, 1.165) is 21.3 Å². The van der Waals surface area contributed by atoms with Gasteiger partial charge in [0.15, 0.2) is 0 Å². The molecule has 8 heteroatoms. The second-order valence-electron chi connectivity index (χ2n) is 6.72. The molecule has 0 radical (unpaired) electrons. The van der Waals surface area contributed by atoms with Gasteiger partial charge in [0.05, 0.1) is 6.07 Å². The quantitative estimate of drug-likeness (QED) is 0.589. The van der Waals surface area contributed by atoms with Crippen LogP contribution in [0.25, 0.3) is 0 Å². The number of halogens is 2. The molecule has 0 aliphatic carbocycles. The van der Waals surface area contributed by atoms with Crippen molar-refractivity contribution in [1.29, 1.82) is 10.7 Å². The Kier molecular flexibility index (Phi) is 5.07. The van der Waals surface area contributed by atoms with Crippen LogP contribution in [0.5, 0.6) is 11.6 Å². The lowest BCUT2D eigenvalue weighted by Crippen LogP contribution is -2.31. The highest BCUT2D eigenvalue weighted by Gasteiger charge is 2.41. The summed E-state index contributed by atoms with van der Waals surface area (Å²) < 4.78 is 25.7. The molecule has 3 aromatic rings. The molecule has 4 rings (SSSR count). The first-order chi connectivity index (χ1) is 14.0. The number of hydrogen-bond acceptors (Lipinski definition) is 5. The van der Waals surface area contributed by atoms with Crippen LogP contribution in [0, 0.1) is 35.4 Å². The van der Waals surface area contributed by atoms with E-state index in [2.05, 4.69) is 32.2 Å². The van der Waals surface area contributed by atoms with Crippen molar-refractivity contribution in [2.24, 2.45) is 5.92 Å². The molecule has 29 heavy (non-hydrogen) atoms. The highest BCUT2D eigenvalue weighted by molar-refractivity contribution is 9.10. The molecule has 2 atom stereocenters. The van der Waals surface area contributed by atoms with Crippen LogP contribution < -0.4 is 9.47 Å². The minimum Gasteiger partial charge on any atom is -0.489 e. The minimum absolute atomic E-state index is 0.160. The largest absolute Gasteiger partial charge is 0.489 e. The van der Waals surface area contributed by atoms with Crippen LogP contribution in [0.15, 0.2) is 46.9 Å². The fourth-order valence-electron chi connectivity index (χ4n) is 3.50. The average Bonchev–Trinajstić information content (AvgIpc) is 3.06. The van der Waals surface area contributed by atoms with E-state index in [9.17, 15) is 9.65 Å². The maximum atomic E-state index is 13.5. The highest BCUT2D eigenvalue weighted by Crippen LogP contribution is 2.46. The van der Waals surface area contributed by atoms with Crippen LogP contribution in [-0.2, 0) is 6.61 Å². The van der Waals surface area contributed by atoms with E-state index in [1.807, 2.05) is 19.1 Å². The summed E-state index contributed by atoms with van der Waals surface area (Å²) in [6, 6.07) is 13.9. The molecule has 0 fully saturated rings. The molecule has 6 nitrogen and oxygen atoms in total. The number of rotatable bonds is 4. The van der Waals surface area contributed by atoms with Crippen molar-refractivity contribution in [3.63, 3.8) is 0 Å². The van der Waals surface area contributed by atoms with E-state index < -0.39 is 11.8 Å². The van der Waals surface area contributed by atoms with Crippen molar-refractivity contribution in [1.82, 2.24) is 10.2 Å². The molecule has 0 saturated heterocycles. The first-order valence-corrected chi connectivity index (χ1v) is 9.64. The Morgan fingerprint density at radius 1 is 1.34 bits per heavy atom. The van der Waals surface area contributed by atoms with Gasteiger partial charge in [0.2, 0.25) is 11.8 Å². The second kappa shape index (κ2) is 7.68. The molecule has 2 heterocycles. The Labute approximate surface area is 174 Å². The van der Waals surface area contributed by atoms with Gasteiger partial charge in [-0.25, -0.2) is 4.39 Å². The topological polar surface area (TPSA) is 94.8 Å². The molecule has 0 saturated carbocycles. The Balaban J connectivity index is 1.77. The molecule has 2 unspecified atom stereocenters. The van der Waals surface area contributed by atoms with Crippen LogP contribution in [-0.4, -0.2) is 16.1 Å². The number of benzene rings is 2.